The summed E-state index contributed by atoms with van der Waals surface area (Å²) in [5.41, 5.74) is 1.56. The van der Waals surface area contributed by atoms with Gasteiger partial charge in [0.2, 0.25) is 0 Å². The van der Waals surface area contributed by atoms with E-state index in [2.05, 4.69) is 20.6 Å². The van der Waals surface area contributed by atoms with Gasteiger partial charge in [-0.25, -0.2) is 14.4 Å². The van der Waals surface area contributed by atoms with Crippen molar-refractivity contribution in [1.82, 2.24) is 15.3 Å². The van der Waals surface area contributed by atoms with E-state index in [1.807, 2.05) is 24.3 Å². The lowest BCUT2D eigenvalue weighted by molar-refractivity contribution is 0.0251. The third-order valence-corrected chi connectivity index (χ3v) is 5.05. The smallest absolute Gasteiger partial charge is 0.188 e. The fourth-order valence-electron chi connectivity index (χ4n) is 2.84. The van der Waals surface area contributed by atoms with Crippen LogP contribution < -0.4 is 10.6 Å². The average Bonchev–Trinajstić information content (AvgIpc) is 3.11. The molecule has 1 fully saturated rings. The van der Waals surface area contributed by atoms with E-state index in [0.717, 1.165) is 34.6 Å². The lowest BCUT2D eigenvalue weighted by Gasteiger charge is -2.23. The molecule has 1 unspecified atom stereocenters. The number of benzene rings is 1. The summed E-state index contributed by atoms with van der Waals surface area (Å²) in [5, 5.41) is 7.28. The topological polar surface area (TPSA) is 59.1 Å². The van der Waals surface area contributed by atoms with Gasteiger partial charge >= 0.3 is 0 Å². The summed E-state index contributed by atoms with van der Waals surface area (Å²) in [6.45, 7) is 2.33. The number of anilines is 2. The van der Waals surface area contributed by atoms with Gasteiger partial charge in [-0.3, -0.25) is 0 Å². The second-order valence-corrected chi connectivity index (χ2v) is 7.15. The summed E-state index contributed by atoms with van der Waals surface area (Å²) in [6.07, 6.45) is 2.27. The molecule has 0 amide bonds. The summed E-state index contributed by atoms with van der Waals surface area (Å²) >= 11 is 1.50. The number of hydrogen-bond donors (Lipinski definition) is 2. The molecule has 0 aliphatic carbocycles. The molecule has 2 N–H and O–H groups in total. The third kappa shape index (κ3) is 4.07. The Hall–Kier alpha value is -2.35. The molecule has 3 heterocycles. The van der Waals surface area contributed by atoms with Gasteiger partial charge in [0, 0.05) is 30.6 Å². The van der Waals surface area contributed by atoms with Gasteiger partial charge in [0.05, 0.1) is 12.3 Å². The van der Waals surface area contributed by atoms with Gasteiger partial charge in [-0.1, -0.05) is 24.3 Å². The van der Waals surface area contributed by atoms with Crippen LogP contribution in [-0.2, 0) is 11.2 Å². The van der Waals surface area contributed by atoms with E-state index in [0.29, 0.717) is 18.6 Å². The highest BCUT2D eigenvalue weighted by atomic mass is 32.1. The quantitative estimate of drug-likeness (QED) is 0.718. The second-order valence-electron chi connectivity index (χ2n) is 6.04. The Bertz CT molecular complexity index is 879. The monoisotopic (exact) mass is 370 g/mol. The van der Waals surface area contributed by atoms with Crippen LogP contribution in [0.4, 0.5) is 15.3 Å². The van der Waals surface area contributed by atoms with Gasteiger partial charge in [0.25, 0.3) is 0 Å². The zero-order chi connectivity index (χ0) is 17.8. The van der Waals surface area contributed by atoms with Crippen LogP contribution >= 0.6 is 11.3 Å². The zero-order valence-corrected chi connectivity index (χ0v) is 14.9. The van der Waals surface area contributed by atoms with Crippen LogP contribution in [0.15, 0.2) is 48.7 Å². The molecule has 26 heavy (non-hydrogen) atoms. The van der Waals surface area contributed by atoms with E-state index in [1.54, 1.807) is 18.3 Å². The minimum Gasteiger partial charge on any atom is -0.369 e. The Morgan fingerprint density at radius 1 is 1.23 bits per heavy atom. The van der Waals surface area contributed by atoms with Gasteiger partial charge in [-0.2, -0.15) is 0 Å². The molecule has 1 aliphatic heterocycles. The number of hydrogen-bond acceptors (Lipinski definition) is 6. The number of nitrogens with one attached hydrogen (secondary N) is 2. The minimum atomic E-state index is -0.189. The number of morpholine rings is 1. The number of halogens is 1. The fourth-order valence-corrected chi connectivity index (χ4v) is 3.68. The number of thiazole rings is 1. The highest BCUT2D eigenvalue weighted by Crippen LogP contribution is 2.25. The maximum Gasteiger partial charge on any atom is 0.188 e. The van der Waals surface area contributed by atoms with E-state index in [4.69, 9.17) is 4.74 Å². The number of ether oxygens (including phenoxy) is 1. The van der Waals surface area contributed by atoms with E-state index in [9.17, 15) is 4.39 Å². The first-order valence-corrected chi connectivity index (χ1v) is 9.34. The molecular weight excluding hydrogens is 351 g/mol. The Labute approximate surface area is 155 Å². The molecule has 1 saturated heterocycles. The van der Waals surface area contributed by atoms with Crippen molar-refractivity contribution in [3.63, 3.8) is 0 Å². The first-order valence-electron chi connectivity index (χ1n) is 8.52. The van der Waals surface area contributed by atoms with E-state index >= 15 is 0 Å². The van der Waals surface area contributed by atoms with E-state index in [1.165, 1.54) is 17.4 Å². The third-order valence-electron chi connectivity index (χ3n) is 4.14. The van der Waals surface area contributed by atoms with Crippen LogP contribution in [-0.4, -0.2) is 29.7 Å². The number of aromatic nitrogens is 2. The summed E-state index contributed by atoms with van der Waals surface area (Å²) in [6, 6.07) is 12.6. The summed E-state index contributed by atoms with van der Waals surface area (Å²) in [5.74, 6) is 0.536. The predicted molar refractivity (Wildman–Crippen MR) is 100 cm³/mol. The van der Waals surface area contributed by atoms with Gasteiger partial charge in [0.1, 0.15) is 17.7 Å². The minimum absolute atomic E-state index is 0.0292. The van der Waals surface area contributed by atoms with E-state index in [-0.39, 0.29) is 11.9 Å². The van der Waals surface area contributed by atoms with Gasteiger partial charge in [0.15, 0.2) is 5.13 Å². The highest BCUT2D eigenvalue weighted by molar-refractivity contribution is 7.15. The molecular formula is C19H19FN4OS. The summed E-state index contributed by atoms with van der Waals surface area (Å²) < 4.78 is 19.5. The van der Waals surface area contributed by atoms with Crippen molar-refractivity contribution in [3.05, 3.63) is 70.6 Å². The van der Waals surface area contributed by atoms with Crippen LogP contribution in [0.2, 0.25) is 0 Å². The molecule has 2 aromatic heterocycles. The molecule has 3 aromatic rings. The van der Waals surface area contributed by atoms with Crippen LogP contribution in [0.3, 0.4) is 0 Å². The molecule has 4 rings (SSSR count). The summed E-state index contributed by atoms with van der Waals surface area (Å²) in [7, 11) is 0. The molecule has 0 bridgehead atoms. The molecule has 0 spiro atoms. The SMILES string of the molecule is Fc1ccccc1Cc1cnc(Nc2cccc(C3CNCCO3)n2)s1. The predicted octanol–water partition coefficient (Wildman–Crippen LogP) is 3.67. The van der Waals surface area contributed by atoms with Gasteiger partial charge in [-0.05, 0) is 23.8 Å². The molecule has 1 aliphatic rings. The molecule has 1 aromatic carbocycles. The van der Waals surface area contributed by atoms with Crippen molar-refractivity contribution in [2.75, 3.05) is 25.0 Å². The number of rotatable bonds is 5. The molecule has 0 radical (unpaired) electrons. The molecule has 5 nitrogen and oxygen atoms in total. The van der Waals surface area contributed by atoms with Crippen molar-refractivity contribution in [2.24, 2.45) is 0 Å². The first-order chi connectivity index (χ1) is 12.8. The number of nitrogens with zero attached hydrogens (tertiary/aromatic N) is 2. The van der Waals surface area contributed by atoms with Crippen LogP contribution in [0.25, 0.3) is 0 Å². The molecule has 7 heteroatoms. The van der Waals surface area contributed by atoms with Crippen molar-refractivity contribution in [1.29, 1.82) is 0 Å². The standard InChI is InChI=1S/C19H19FN4OS/c20-15-5-2-1-4-13(15)10-14-11-22-19(26-14)24-18-7-3-6-16(23-18)17-12-21-8-9-25-17/h1-7,11,17,21H,8-10,12H2,(H,22,23,24). The average molecular weight is 370 g/mol. The maximum absolute atomic E-state index is 13.8. The Kier molecular flexibility index (Phi) is 5.19. The fraction of sp³-hybridized carbons (Fsp3) is 0.263. The molecule has 1 atom stereocenters. The lowest BCUT2D eigenvalue weighted by atomic mass is 10.1. The first kappa shape index (κ1) is 17.1. The Morgan fingerprint density at radius 3 is 3.00 bits per heavy atom. The highest BCUT2D eigenvalue weighted by Gasteiger charge is 2.17. The zero-order valence-electron chi connectivity index (χ0n) is 14.1. The largest absolute Gasteiger partial charge is 0.369 e. The number of pyridine rings is 1. The van der Waals surface area contributed by atoms with Crippen molar-refractivity contribution in [2.45, 2.75) is 12.5 Å². The van der Waals surface area contributed by atoms with E-state index < -0.39 is 0 Å². The van der Waals surface area contributed by atoms with Crippen molar-refractivity contribution in [3.8, 4) is 0 Å². The molecule has 0 saturated carbocycles. The molecule has 134 valence electrons. The summed E-state index contributed by atoms with van der Waals surface area (Å²) in [4.78, 5) is 10.0. The van der Waals surface area contributed by atoms with Gasteiger partial charge in [-0.15, -0.1) is 11.3 Å². The Balaban J connectivity index is 1.45. The van der Waals surface area contributed by atoms with Crippen molar-refractivity contribution >= 4 is 22.3 Å². The van der Waals surface area contributed by atoms with Crippen molar-refractivity contribution < 1.29 is 9.13 Å². The van der Waals surface area contributed by atoms with Crippen LogP contribution in [0, 0.1) is 5.82 Å². The normalized spacial score (nSPS) is 17.2. The Morgan fingerprint density at radius 2 is 2.15 bits per heavy atom. The second kappa shape index (κ2) is 7.90. The van der Waals surface area contributed by atoms with Crippen LogP contribution in [0.1, 0.15) is 22.2 Å². The maximum atomic E-state index is 13.8. The van der Waals surface area contributed by atoms with Gasteiger partial charge < -0.3 is 15.4 Å². The lowest BCUT2D eigenvalue weighted by Crippen LogP contribution is -2.33. The van der Waals surface area contributed by atoms with Crippen LogP contribution in [0.5, 0.6) is 0 Å².